The second kappa shape index (κ2) is 9.57. The maximum absolute atomic E-state index is 12.1. The van der Waals surface area contributed by atoms with Crippen LogP contribution in [0.3, 0.4) is 0 Å². The lowest BCUT2D eigenvalue weighted by Crippen LogP contribution is -2.42. The fourth-order valence-corrected chi connectivity index (χ4v) is 2.30. The predicted molar refractivity (Wildman–Crippen MR) is 98.8 cm³/mol. The number of terminal acetylenes is 1. The molecule has 138 valence electrons. The zero-order chi connectivity index (χ0) is 19.0. The second-order valence-corrected chi connectivity index (χ2v) is 13.6. The van der Waals surface area contributed by atoms with Crippen LogP contribution in [0.15, 0.2) is 0 Å². The minimum atomic E-state index is -1.23. The van der Waals surface area contributed by atoms with E-state index in [4.69, 9.17) is 15.9 Å². The van der Waals surface area contributed by atoms with Gasteiger partial charge in [0.2, 0.25) is 0 Å². The van der Waals surface area contributed by atoms with Gasteiger partial charge in [0, 0.05) is 28.2 Å². The molecule has 0 heterocycles. The number of ether oxygens (including phenoxy) is 2. The monoisotopic (exact) mass is 356 g/mol. The maximum atomic E-state index is 12.1. The third-order valence-corrected chi connectivity index (χ3v) is 4.73. The van der Waals surface area contributed by atoms with Crippen molar-refractivity contribution in [3.05, 3.63) is 0 Å². The molecule has 0 unspecified atom stereocenters. The summed E-state index contributed by atoms with van der Waals surface area (Å²) in [6, 6.07) is 0.924. The van der Waals surface area contributed by atoms with Gasteiger partial charge in [0.1, 0.15) is 5.60 Å². The molecular formula is C17H32N2O4Si. The predicted octanol–water partition coefficient (Wildman–Crippen LogP) is 3.26. The van der Waals surface area contributed by atoms with Crippen LogP contribution in [0.4, 0.5) is 9.59 Å². The molecule has 0 aromatic heterocycles. The molecule has 0 aromatic rings. The normalized spacial score (nSPS) is 11.4. The summed E-state index contributed by atoms with van der Waals surface area (Å²) in [5.41, 5.74) is -0.592. The summed E-state index contributed by atoms with van der Waals surface area (Å²) in [7, 11) is 0.408. The van der Waals surface area contributed by atoms with Gasteiger partial charge in [-0.25, -0.2) is 9.59 Å². The van der Waals surface area contributed by atoms with Gasteiger partial charge in [0.15, 0.2) is 0 Å². The molecule has 0 atom stereocenters. The van der Waals surface area contributed by atoms with Crippen molar-refractivity contribution in [1.29, 1.82) is 0 Å². The Bertz CT molecular complexity index is 461. The van der Waals surface area contributed by atoms with Crippen molar-refractivity contribution in [3.63, 3.8) is 0 Å². The number of amides is 2. The van der Waals surface area contributed by atoms with E-state index in [1.54, 1.807) is 27.8 Å². The van der Waals surface area contributed by atoms with Crippen LogP contribution in [0.2, 0.25) is 25.7 Å². The number of hydrogen-bond acceptors (Lipinski definition) is 4. The lowest BCUT2D eigenvalue weighted by Gasteiger charge is -2.27. The summed E-state index contributed by atoms with van der Waals surface area (Å²) >= 11 is 0. The van der Waals surface area contributed by atoms with Crippen molar-refractivity contribution < 1.29 is 19.1 Å². The molecular weight excluding hydrogens is 324 g/mol. The Morgan fingerprint density at radius 3 is 2.17 bits per heavy atom. The highest BCUT2D eigenvalue weighted by Gasteiger charge is 2.22. The molecule has 0 saturated carbocycles. The second-order valence-electron chi connectivity index (χ2n) is 7.95. The Morgan fingerprint density at radius 2 is 1.71 bits per heavy atom. The van der Waals surface area contributed by atoms with Crippen LogP contribution in [0.25, 0.3) is 0 Å². The smallest absolute Gasteiger partial charge is 0.411 e. The molecule has 0 aliphatic rings. The number of hydrogen-bond donors (Lipinski definition) is 0. The van der Waals surface area contributed by atoms with E-state index in [1.165, 1.54) is 9.80 Å². The fourth-order valence-electron chi connectivity index (χ4n) is 1.59. The largest absolute Gasteiger partial charge is 0.450 e. The molecule has 7 heteroatoms. The van der Waals surface area contributed by atoms with Gasteiger partial charge in [-0.15, -0.1) is 6.42 Å². The van der Waals surface area contributed by atoms with Crippen LogP contribution in [-0.2, 0) is 9.47 Å². The third kappa shape index (κ3) is 10.9. The Hall–Kier alpha value is -1.68. The highest BCUT2D eigenvalue weighted by Crippen LogP contribution is 2.10. The Labute approximate surface area is 147 Å². The first-order valence-electron chi connectivity index (χ1n) is 8.15. The van der Waals surface area contributed by atoms with Crippen molar-refractivity contribution in [2.75, 3.05) is 33.3 Å². The zero-order valence-electron chi connectivity index (χ0n) is 16.1. The van der Waals surface area contributed by atoms with Crippen molar-refractivity contribution in [3.8, 4) is 12.3 Å². The molecule has 6 nitrogen and oxygen atoms in total. The van der Waals surface area contributed by atoms with E-state index in [9.17, 15) is 9.59 Å². The average molecular weight is 357 g/mol. The molecule has 0 aliphatic heterocycles. The molecule has 0 spiro atoms. The van der Waals surface area contributed by atoms with Gasteiger partial charge in [-0.05, 0) is 26.8 Å². The van der Waals surface area contributed by atoms with Gasteiger partial charge in [-0.2, -0.15) is 0 Å². The number of carbonyl (C=O) groups is 2. The van der Waals surface area contributed by atoms with Crippen LogP contribution >= 0.6 is 0 Å². The molecule has 0 fully saturated rings. The van der Waals surface area contributed by atoms with Crippen molar-refractivity contribution in [1.82, 2.24) is 9.80 Å². The highest BCUT2D eigenvalue weighted by atomic mass is 28.3. The SMILES string of the molecule is C#CCN(CCN(C)C(=O)OCC[Si](C)(C)C)C(=O)OC(C)(C)C. The summed E-state index contributed by atoms with van der Waals surface area (Å²) < 4.78 is 10.6. The molecule has 0 N–H and O–H groups in total. The summed E-state index contributed by atoms with van der Waals surface area (Å²) in [6.45, 7) is 13.2. The Kier molecular flexibility index (Phi) is 8.90. The maximum Gasteiger partial charge on any atom is 0.411 e. The topological polar surface area (TPSA) is 59.1 Å². The molecule has 0 aliphatic carbocycles. The van der Waals surface area contributed by atoms with E-state index in [0.717, 1.165) is 6.04 Å². The Morgan fingerprint density at radius 1 is 1.12 bits per heavy atom. The van der Waals surface area contributed by atoms with Crippen LogP contribution in [-0.4, -0.2) is 69.0 Å². The van der Waals surface area contributed by atoms with E-state index in [-0.39, 0.29) is 6.54 Å². The van der Waals surface area contributed by atoms with Crippen LogP contribution < -0.4 is 0 Å². The first-order chi connectivity index (χ1) is 10.9. The van der Waals surface area contributed by atoms with E-state index < -0.39 is 25.9 Å². The van der Waals surface area contributed by atoms with Gasteiger partial charge >= 0.3 is 12.2 Å². The minimum absolute atomic E-state index is 0.132. The van der Waals surface area contributed by atoms with E-state index >= 15 is 0 Å². The van der Waals surface area contributed by atoms with E-state index in [0.29, 0.717) is 19.7 Å². The fraction of sp³-hybridized carbons (Fsp3) is 0.765. The van der Waals surface area contributed by atoms with Gasteiger partial charge < -0.3 is 14.4 Å². The number of nitrogens with zero attached hydrogens (tertiary/aromatic N) is 2. The minimum Gasteiger partial charge on any atom is -0.450 e. The molecule has 0 bridgehead atoms. The number of likely N-dealkylation sites (N-methyl/N-ethyl adjacent to an activating group) is 1. The van der Waals surface area contributed by atoms with Crippen molar-refractivity contribution in [2.24, 2.45) is 0 Å². The summed E-state index contributed by atoms with van der Waals surface area (Å²) in [5.74, 6) is 2.43. The van der Waals surface area contributed by atoms with Gasteiger partial charge in [0.25, 0.3) is 0 Å². The quantitative estimate of drug-likeness (QED) is 0.519. The van der Waals surface area contributed by atoms with Gasteiger partial charge in [-0.1, -0.05) is 25.6 Å². The molecule has 0 saturated heterocycles. The Balaban J connectivity index is 4.40. The zero-order valence-corrected chi connectivity index (χ0v) is 17.1. The first kappa shape index (κ1) is 22.3. The van der Waals surface area contributed by atoms with Crippen LogP contribution in [0.5, 0.6) is 0 Å². The first-order valence-corrected chi connectivity index (χ1v) is 11.9. The van der Waals surface area contributed by atoms with Crippen molar-refractivity contribution >= 4 is 20.3 Å². The molecule has 0 aromatic carbocycles. The molecule has 0 rings (SSSR count). The van der Waals surface area contributed by atoms with Crippen LogP contribution in [0.1, 0.15) is 20.8 Å². The van der Waals surface area contributed by atoms with Gasteiger partial charge in [-0.3, -0.25) is 4.90 Å². The summed E-state index contributed by atoms with van der Waals surface area (Å²) in [4.78, 5) is 26.9. The summed E-state index contributed by atoms with van der Waals surface area (Å²) in [5, 5.41) is 0. The average Bonchev–Trinajstić information content (AvgIpc) is 2.39. The van der Waals surface area contributed by atoms with E-state index in [1.807, 2.05) is 0 Å². The lowest BCUT2D eigenvalue weighted by atomic mass is 10.2. The molecule has 2 amide bonds. The highest BCUT2D eigenvalue weighted by molar-refractivity contribution is 6.76. The number of carbonyl (C=O) groups excluding carboxylic acids is 2. The standard InChI is InChI=1S/C17H32N2O4Si/c1-9-10-19(16(21)23-17(2,3)4)12-11-18(5)15(20)22-13-14-24(6,7)8/h1H,10-14H2,2-8H3. The lowest BCUT2D eigenvalue weighted by molar-refractivity contribution is 0.0258. The van der Waals surface area contributed by atoms with Crippen LogP contribution in [0, 0.1) is 12.3 Å². The van der Waals surface area contributed by atoms with Gasteiger partial charge in [0.05, 0.1) is 13.2 Å². The van der Waals surface area contributed by atoms with Crippen molar-refractivity contribution in [2.45, 2.75) is 52.1 Å². The molecule has 0 radical (unpaired) electrons. The summed E-state index contributed by atoms with van der Waals surface area (Å²) in [6.07, 6.45) is 4.43. The number of rotatable bonds is 7. The third-order valence-electron chi connectivity index (χ3n) is 3.03. The molecule has 24 heavy (non-hydrogen) atoms. The van der Waals surface area contributed by atoms with E-state index in [2.05, 4.69) is 25.6 Å².